The minimum absolute atomic E-state index is 0.0212. The van der Waals surface area contributed by atoms with Crippen LogP contribution >= 0.6 is 0 Å². The van der Waals surface area contributed by atoms with E-state index in [1.165, 1.54) is 30.5 Å². The Morgan fingerprint density at radius 2 is 1.77 bits per heavy atom. The average Bonchev–Trinajstić information content (AvgIpc) is 2.63. The van der Waals surface area contributed by atoms with Crippen molar-refractivity contribution in [2.24, 2.45) is 5.92 Å². The lowest BCUT2D eigenvalue weighted by Gasteiger charge is -2.33. The third kappa shape index (κ3) is 4.25. The number of nitrogens with one attached hydrogen (secondary N) is 1. The van der Waals surface area contributed by atoms with Crippen LogP contribution in [0.4, 0.5) is 24.7 Å². The summed E-state index contributed by atoms with van der Waals surface area (Å²) in [5.74, 6) is 0.0670. The molecule has 0 saturated carbocycles. The van der Waals surface area contributed by atoms with Gasteiger partial charge in [0.1, 0.15) is 11.6 Å². The van der Waals surface area contributed by atoms with Crippen LogP contribution in [0.15, 0.2) is 42.6 Å². The normalized spacial score (nSPS) is 15.7. The molecule has 1 aliphatic rings. The van der Waals surface area contributed by atoms with E-state index < -0.39 is 11.7 Å². The van der Waals surface area contributed by atoms with Gasteiger partial charge in [-0.1, -0.05) is 0 Å². The smallest absolute Gasteiger partial charge is 0.416 e. The van der Waals surface area contributed by atoms with Crippen molar-refractivity contribution in [2.75, 3.05) is 23.3 Å². The number of anilines is 2. The molecular formula is C18H18F3N3O2. The molecule has 8 heteroatoms. The van der Waals surface area contributed by atoms with Gasteiger partial charge < -0.3 is 15.3 Å². The molecule has 1 aromatic heterocycles. The van der Waals surface area contributed by atoms with E-state index in [0.717, 1.165) is 17.8 Å². The summed E-state index contributed by atoms with van der Waals surface area (Å²) in [7, 11) is 0. The number of hydrogen-bond donors (Lipinski definition) is 2. The van der Waals surface area contributed by atoms with Gasteiger partial charge in [0, 0.05) is 24.7 Å². The minimum atomic E-state index is -4.34. The molecule has 0 bridgehead atoms. The molecule has 0 aliphatic carbocycles. The lowest BCUT2D eigenvalue weighted by molar-refractivity contribution is -0.137. The number of carbonyl (C=O) groups is 1. The van der Waals surface area contributed by atoms with E-state index in [1.54, 1.807) is 0 Å². The van der Waals surface area contributed by atoms with Crippen LogP contribution < -0.4 is 10.2 Å². The van der Waals surface area contributed by atoms with Crippen LogP contribution in [0.2, 0.25) is 0 Å². The molecule has 0 unspecified atom stereocenters. The van der Waals surface area contributed by atoms with Crippen molar-refractivity contribution in [3.63, 3.8) is 0 Å². The molecule has 5 nitrogen and oxygen atoms in total. The first-order valence-corrected chi connectivity index (χ1v) is 8.21. The zero-order valence-corrected chi connectivity index (χ0v) is 13.8. The number of nitrogens with zero attached hydrogens (tertiary/aromatic N) is 2. The molecule has 26 heavy (non-hydrogen) atoms. The molecule has 1 saturated heterocycles. The van der Waals surface area contributed by atoms with Crippen molar-refractivity contribution >= 4 is 17.4 Å². The maximum atomic E-state index is 12.6. The van der Waals surface area contributed by atoms with Crippen LogP contribution in [0.1, 0.15) is 18.4 Å². The van der Waals surface area contributed by atoms with Crippen LogP contribution in [0.25, 0.3) is 0 Å². The van der Waals surface area contributed by atoms with Gasteiger partial charge in [0.15, 0.2) is 0 Å². The largest absolute Gasteiger partial charge is 0.506 e. The number of carbonyl (C=O) groups excluding carboxylic acids is 1. The van der Waals surface area contributed by atoms with E-state index in [-0.39, 0.29) is 17.6 Å². The Kier molecular flexibility index (Phi) is 5.01. The fourth-order valence-corrected chi connectivity index (χ4v) is 2.95. The van der Waals surface area contributed by atoms with Gasteiger partial charge in [-0.25, -0.2) is 4.98 Å². The number of pyridine rings is 1. The molecule has 2 aromatic rings. The van der Waals surface area contributed by atoms with Crippen LogP contribution in [0.3, 0.4) is 0 Å². The highest BCUT2D eigenvalue weighted by atomic mass is 19.4. The maximum Gasteiger partial charge on any atom is 0.416 e. The first-order valence-electron chi connectivity index (χ1n) is 8.21. The van der Waals surface area contributed by atoms with Gasteiger partial charge in [0.25, 0.3) is 0 Å². The predicted octanol–water partition coefficient (Wildman–Crippen LogP) is 3.66. The Balaban J connectivity index is 1.55. The minimum Gasteiger partial charge on any atom is -0.506 e. The third-order valence-corrected chi connectivity index (χ3v) is 4.42. The molecule has 138 valence electrons. The van der Waals surface area contributed by atoms with Crippen molar-refractivity contribution in [1.82, 2.24) is 4.98 Å². The standard InChI is InChI=1S/C18H18F3N3O2/c19-18(20,21)13-1-3-14(4-2-13)24-9-7-12(8-10-24)17(26)23-16-6-5-15(25)11-22-16/h1-6,11-12,25H,7-10H2,(H,22,23,26). The molecular weight excluding hydrogens is 347 g/mol. The Morgan fingerprint density at radius 1 is 1.12 bits per heavy atom. The lowest BCUT2D eigenvalue weighted by Crippen LogP contribution is -2.38. The zero-order chi connectivity index (χ0) is 18.7. The number of halogens is 3. The lowest BCUT2D eigenvalue weighted by atomic mass is 9.95. The summed E-state index contributed by atoms with van der Waals surface area (Å²) < 4.78 is 37.9. The summed E-state index contributed by atoms with van der Waals surface area (Å²) in [4.78, 5) is 18.2. The van der Waals surface area contributed by atoms with Crippen molar-refractivity contribution in [2.45, 2.75) is 19.0 Å². The number of alkyl halides is 3. The van der Waals surface area contributed by atoms with Gasteiger partial charge in [-0.2, -0.15) is 13.2 Å². The van der Waals surface area contributed by atoms with Gasteiger partial charge >= 0.3 is 6.18 Å². The fraction of sp³-hybridized carbons (Fsp3) is 0.333. The Morgan fingerprint density at radius 3 is 2.31 bits per heavy atom. The van der Waals surface area contributed by atoms with Crippen molar-refractivity contribution in [3.8, 4) is 5.75 Å². The summed E-state index contributed by atoms with van der Waals surface area (Å²) in [6, 6.07) is 8.03. The van der Waals surface area contributed by atoms with Crippen LogP contribution in [0.5, 0.6) is 5.75 Å². The van der Waals surface area contributed by atoms with E-state index in [0.29, 0.717) is 31.7 Å². The molecule has 1 fully saturated rings. The highest BCUT2D eigenvalue weighted by Crippen LogP contribution is 2.31. The molecule has 1 aromatic carbocycles. The molecule has 0 radical (unpaired) electrons. The quantitative estimate of drug-likeness (QED) is 0.871. The van der Waals surface area contributed by atoms with Gasteiger partial charge in [-0.05, 0) is 49.2 Å². The second-order valence-electron chi connectivity index (χ2n) is 6.20. The summed E-state index contributed by atoms with van der Waals surface area (Å²) >= 11 is 0. The van der Waals surface area contributed by atoms with Crippen molar-refractivity contribution in [1.29, 1.82) is 0 Å². The highest BCUT2D eigenvalue weighted by molar-refractivity contribution is 5.91. The monoisotopic (exact) mass is 365 g/mol. The second kappa shape index (κ2) is 7.23. The average molecular weight is 365 g/mol. The van der Waals surface area contributed by atoms with Gasteiger partial charge in [0.05, 0.1) is 11.8 Å². The van der Waals surface area contributed by atoms with E-state index in [2.05, 4.69) is 10.3 Å². The number of piperidine rings is 1. The van der Waals surface area contributed by atoms with Crippen molar-refractivity contribution < 1.29 is 23.1 Å². The van der Waals surface area contributed by atoms with E-state index >= 15 is 0 Å². The Hall–Kier alpha value is -2.77. The van der Waals surface area contributed by atoms with Gasteiger partial charge in [-0.15, -0.1) is 0 Å². The van der Waals surface area contributed by atoms with Crippen LogP contribution in [-0.2, 0) is 11.0 Å². The third-order valence-electron chi connectivity index (χ3n) is 4.42. The van der Waals surface area contributed by atoms with Gasteiger partial charge in [-0.3, -0.25) is 4.79 Å². The van der Waals surface area contributed by atoms with Crippen LogP contribution in [0, 0.1) is 5.92 Å². The number of hydrogen-bond acceptors (Lipinski definition) is 4. The summed E-state index contributed by atoms with van der Waals surface area (Å²) in [5, 5.41) is 11.9. The molecule has 3 rings (SSSR count). The van der Waals surface area contributed by atoms with E-state index in [9.17, 15) is 23.1 Å². The maximum absolute atomic E-state index is 12.6. The molecule has 0 atom stereocenters. The molecule has 0 spiro atoms. The van der Waals surface area contributed by atoms with Crippen LogP contribution in [-0.4, -0.2) is 29.1 Å². The number of aromatic hydroxyl groups is 1. The summed E-state index contributed by atoms with van der Waals surface area (Å²) in [6.07, 6.45) is -1.88. The first kappa shape index (κ1) is 18.0. The Labute approximate surface area is 148 Å². The first-order chi connectivity index (χ1) is 12.3. The van der Waals surface area contributed by atoms with Crippen molar-refractivity contribution in [3.05, 3.63) is 48.2 Å². The molecule has 1 amide bonds. The number of aromatic nitrogens is 1. The van der Waals surface area contributed by atoms with E-state index in [4.69, 9.17) is 0 Å². The number of amides is 1. The molecule has 1 aliphatic heterocycles. The highest BCUT2D eigenvalue weighted by Gasteiger charge is 2.30. The number of benzene rings is 1. The summed E-state index contributed by atoms with van der Waals surface area (Å²) in [6.45, 7) is 1.18. The molecule has 2 heterocycles. The molecule has 2 N–H and O–H groups in total. The van der Waals surface area contributed by atoms with Gasteiger partial charge in [0.2, 0.25) is 5.91 Å². The number of rotatable bonds is 3. The topological polar surface area (TPSA) is 65.5 Å². The Bertz CT molecular complexity index is 753. The SMILES string of the molecule is O=C(Nc1ccc(O)cn1)C1CCN(c2ccc(C(F)(F)F)cc2)CC1. The summed E-state index contributed by atoms with van der Waals surface area (Å²) in [5.41, 5.74) is 0.0500. The zero-order valence-electron chi connectivity index (χ0n) is 13.8. The fourth-order valence-electron chi connectivity index (χ4n) is 2.95. The predicted molar refractivity (Wildman–Crippen MR) is 90.9 cm³/mol. The second-order valence-corrected chi connectivity index (χ2v) is 6.20. The van der Waals surface area contributed by atoms with E-state index in [1.807, 2.05) is 4.90 Å².